The molecule has 2 heterocycles. The molecule has 1 amide bonds. The molecule has 4 rings (SSSR count). The third-order valence-electron chi connectivity index (χ3n) is 8.60. The number of ether oxygens (including phenoxy) is 3. The molecule has 8 atom stereocenters. The number of rotatable bonds is 4. The quantitative estimate of drug-likeness (QED) is 0.323. The largest absolute Gasteiger partial charge is 0.458 e. The molecule has 3 aliphatic rings. The molecule has 2 aliphatic heterocycles. The summed E-state index contributed by atoms with van der Waals surface area (Å²) in [6, 6.07) is 9.47. The van der Waals surface area contributed by atoms with Crippen molar-refractivity contribution >= 4 is 23.8 Å². The van der Waals surface area contributed by atoms with Crippen molar-refractivity contribution in [1.29, 1.82) is 0 Å². The molecule has 1 saturated heterocycles. The maximum absolute atomic E-state index is 14.1. The minimum Gasteiger partial charge on any atom is -0.458 e. The van der Waals surface area contributed by atoms with Crippen LogP contribution in [0.15, 0.2) is 66.8 Å². The van der Waals surface area contributed by atoms with Gasteiger partial charge in [-0.05, 0) is 54.7 Å². The molecule has 0 bridgehead atoms. The number of nitrogens with one attached hydrogen (secondary N) is 1. The fourth-order valence-electron chi connectivity index (χ4n) is 6.70. The molecule has 1 aromatic rings. The molecule has 0 unspecified atom stereocenters. The summed E-state index contributed by atoms with van der Waals surface area (Å²) in [4.78, 5) is 51.6. The van der Waals surface area contributed by atoms with Crippen LogP contribution in [0.4, 0.5) is 0 Å². The van der Waals surface area contributed by atoms with Crippen LogP contribution in [0.25, 0.3) is 0 Å². The normalized spacial score (nSPS) is 35.5. The summed E-state index contributed by atoms with van der Waals surface area (Å²) in [5.74, 6) is -3.36. The lowest BCUT2D eigenvalue weighted by atomic mass is 9.59. The summed E-state index contributed by atoms with van der Waals surface area (Å²) in [5, 5.41) is 3.13. The van der Waals surface area contributed by atoms with Gasteiger partial charge in [0.2, 0.25) is 5.60 Å². The van der Waals surface area contributed by atoms with Crippen LogP contribution in [0.5, 0.6) is 0 Å². The van der Waals surface area contributed by atoms with E-state index in [4.69, 9.17) is 14.2 Å². The Hall–Kier alpha value is -3.68. The van der Waals surface area contributed by atoms with E-state index in [1.54, 1.807) is 0 Å². The summed E-state index contributed by atoms with van der Waals surface area (Å²) in [6.07, 6.45) is 8.69. The van der Waals surface area contributed by atoms with Crippen LogP contribution in [0, 0.1) is 23.7 Å². The summed E-state index contributed by atoms with van der Waals surface area (Å²) < 4.78 is 17.5. The summed E-state index contributed by atoms with van der Waals surface area (Å²) >= 11 is 0. The van der Waals surface area contributed by atoms with Gasteiger partial charge in [0.1, 0.15) is 12.2 Å². The molecule has 0 radical (unpaired) electrons. The molecular formula is C33H41NO7. The number of amides is 1. The second-order valence-corrected chi connectivity index (χ2v) is 11.6. The number of esters is 3. The van der Waals surface area contributed by atoms with Crippen molar-refractivity contribution in [2.75, 3.05) is 0 Å². The molecule has 0 aromatic heterocycles. The highest BCUT2D eigenvalue weighted by Crippen LogP contribution is 2.53. The zero-order valence-corrected chi connectivity index (χ0v) is 24.3. The summed E-state index contributed by atoms with van der Waals surface area (Å²) in [5.41, 5.74) is 0.0651. The molecule has 41 heavy (non-hydrogen) atoms. The lowest BCUT2D eigenvalue weighted by molar-refractivity contribution is -0.187. The number of carbonyl (C=O) groups excluding carboxylic acids is 4. The van der Waals surface area contributed by atoms with Gasteiger partial charge in [-0.25, -0.2) is 4.79 Å². The van der Waals surface area contributed by atoms with Gasteiger partial charge in [0, 0.05) is 31.9 Å². The van der Waals surface area contributed by atoms with Crippen molar-refractivity contribution in [2.24, 2.45) is 23.7 Å². The molecule has 1 saturated carbocycles. The SMILES string of the molecule is C=C1[C@@H](C)[C@H]2[C@H](Cc3ccccc3)NC(=O)[C@]23OC(=O)/C=C/[C@H](OC(C)=O)CCC[C@@H](C)C/C=C/[C@H]3[C@@H]1OC(C)=O. The number of carbonyl (C=O) groups is 4. The molecule has 220 valence electrons. The first-order chi connectivity index (χ1) is 19.5. The van der Waals surface area contributed by atoms with E-state index < -0.39 is 53.5 Å². The first kappa shape index (κ1) is 30.3. The zero-order valence-electron chi connectivity index (χ0n) is 24.3. The monoisotopic (exact) mass is 563 g/mol. The topological polar surface area (TPSA) is 108 Å². The maximum atomic E-state index is 14.1. The molecule has 1 spiro atoms. The van der Waals surface area contributed by atoms with Crippen LogP contribution in [0.3, 0.4) is 0 Å². The minimum absolute atomic E-state index is 0.312. The van der Waals surface area contributed by atoms with Gasteiger partial charge in [-0.2, -0.15) is 0 Å². The van der Waals surface area contributed by atoms with Crippen LogP contribution in [0.2, 0.25) is 0 Å². The van der Waals surface area contributed by atoms with E-state index in [0.717, 1.165) is 18.4 Å². The van der Waals surface area contributed by atoms with Gasteiger partial charge in [-0.15, -0.1) is 0 Å². The third kappa shape index (κ3) is 6.63. The molecule has 1 aromatic carbocycles. The molecular weight excluding hydrogens is 522 g/mol. The number of hydrogen-bond acceptors (Lipinski definition) is 7. The maximum Gasteiger partial charge on any atom is 0.331 e. The van der Waals surface area contributed by atoms with Crippen molar-refractivity contribution < 1.29 is 33.4 Å². The molecule has 8 heteroatoms. The highest BCUT2D eigenvalue weighted by molar-refractivity contribution is 5.94. The van der Waals surface area contributed by atoms with Gasteiger partial charge in [-0.1, -0.05) is 69.3 Å². The fraction of sp³-hybridized carbons (Fsp3) is 0.515. The van der Waals surface area contributed by atoms with E-state index in [9.17, 15) is 19.2 Å². The number of allylic oxidation sites excluding steroid dienone is 1. The van der Waals surface area contributed by atoms with Gasteiger partial charge in [0.05, 0.1) is 5.92 Å². The van der Waals surface area contributed by atoms with E-state index in [-0.39, 0.29) is 12.0 Å². The van der Waals surface area contributed by atoms with Crippen LogP contribution in [0.1, 0.15) is 58.9 Å². The second kappa shape index (κ2) is 12.9. The second-order valence-electron chi connectivity index (χ2n) is 11.6. The average molecular weight is 564 g/mol. The predicted octanol–water partition coefficient (Wildman–Crippen LogP) is 4.63. The van der Waals surface area contributed by atoms with E-state index in [2.05, 4.69) is 18.8 Å². The highest BCUT2D eigenvalue weighted by Gasteiger charge is 2.68. The first-order valence-corrected chi connectivity index (χ1v) is 14.5. The Morgan fingerprint density at radius 3 is 2.44 bits per heavy atom. The van der Waals surface area contributed by atoms with Crippen LogP contribution < -0.4 is 5.32 Å². The zero-order chi connectivity index (χ0) is 29.7. The van der Waals surface area contributed by atoms with Gasteiger partial charge in [-0.3, -0.25) is 14.4 Å². The van der Waals surface area contributed by atoms with E-state index in [0.29, 0.717) is 30.8 Å². The van der Waals surface area contributed by atoms with Gasteiger partial charge in [0.15, 0.2) is 0 Å². The lowest BCUT2D eigenvalue weighted by Crippen LogP contribution is -2.62. The Morgan fingerprint density at radius 1 is 1.05 bits per heavy atom. The molecule has 2 fully saturated rings. The number of hydrogen-bond donors (Lipinski definition) is 1. The Kier molecular flexibility index (Phi) is 9.51. The van der Waals surface area contributed by atoms with Crippen molar-refractivity contribution in [2.45, 2.75) is 83.6 Å². The van der Waals surface area contributed by atoms with E-state index in [1.165, 1.54) is 26.0 Å². The molecule has 1 aliphatic carbocycles. The number of benzene rings is 1. The minimum atomic E-state index is -1.65. The molecule has 1 N–H and O–H groups in total. The summed E-state index contributed by atoms with van der Waals surface area (Å²) in [6.45, 7) is 11.1. The standard InChI is InChI=1S/C33H41NO7/c1-20-11-9-15-26(39-23(4)35)17-18-29(37)41-33-27(16-10-12-20)31(40-24(5)36)22(3)21(2)30(33)28(34-32(33)38)19-25-13-7-6-8-14-25/h6-8,10,13-14,16-18,20-21,26-28,30-31H,3,9,11-12,15,19H2,1-2,4-5H3,(H,34,38)/b16-10+,18-17+/t20-,21-,26-,27+,28+,30+,31-,33-/m1/s1. The van der Waals surface area contributed by atoms with Crippen molar-refractivity contribution in [3.8, 4) is 0 Å². The van der Waals surface area contributed by atoms with Gasteiger partial charge in [0.25, 0.3) is 5.91 Å². The van der Waals surface area contributed by atoms with Gasteiger partial charge >= 0.3 is 17.9 Å². The molecule has 8 nitrogen and oxygen atoms in total. The van der Waals surface area contributed by atoms with Crippen molar-refractivity contribution in [1.82, 2.24) is 5.32 Å². The Balaban J connectivity index is 1.82. The van der Waals surface area contributed by atoms with E-state index in [1.807, 2.05) is 49.4 Å². The third-order valence-corrected chi connectivity index (χ3v) is 8.60. The Morgan fingerprint density at radius 2 is 1.76 bits per heavy atom. The average Bonchev–Trinajstić information content (AvgIpc) is 3.17. The Bertz CT molecular complexity index is 1220. The Labute approximate surface area is 242 Å². The lowest BCUT2D eigenvalue weighted by Gasteiger charge is -2.49. The van der Waals surface area contributed by atoms with Crippen molar-refractivity contribution in [3.05, 3.63) is 72.4 Å². The fourth-order valence-corrected chi connectivity index (χ4v) is 6.70. The highest BCUT2D eigenvalue weighted by atomic mass is 16.6. The predicted molar refractivity (Wildman–Crippen MR) is 153 cm³/mol. The first-order valence-electron chi connectivity index (χ1n) is 14.5. The smallest absolute Gasteiger partial charge is 0.331 e. The van der Waals surface area contributed by atoms with Crippen LogP contribution in [-0.2, 0) is 39.8 Å². The van der Waals surface area contributed by atoms with Crippen molar-refractivity contribution in [3.63, 3.8) is 0 Å². The van der Waals surface area contributed by atoms with Crippen LogP contribution >= 0.6 is 0 Å². The summed E-state index contributed by atoms with van der Waals surface area (Å²) in [7, 11) is 0. The van der Waals surface area contributed by atoms with E-state index >= 15 is 0 Å². The van der Waals surface area contributed by atoms with Crippen LogP contribution in [-0.4, -0.2) is 47.7 Å². The van der Waals surface area contributed by atoms with Gasteiger partial charge < -0.3 is 19.5 Å².